The van der Waals surface area contributed by atoms with Gasteiger partial charge in [0.25, 0.3) is 5.88 Å². The molecule has 3 atom stereocenters. The first-order valence-electron chi connectivity index (χ1n) is 12.5. The van der Waals surface area contributed by atoms with Crippen LogP contribution in [0.5, 0.6) is 5.88 Å². The third kappa shape index (κ3) is 8.39. The molecule has 2 saturated heterocycles. The quantitative estimate of drug-likeness (QED) is 0.468. The van der Waals surface area contributed by atoms with Gasteiger partial charge in [0.2, 0.25) is 5.82 Å². The molecule has 11 nitrogen and oxygen atoms in total. The van der Waals surface area contributed by atoms with Crippen LogP contribution in [-0.2, 0) is 27.7 Å². The van der Waals surface area contributed by atoms with Crippen LogP contribution in [0.25, 0.3) is 0 Å². The fourth-order valence-corrected chi connectivity index (χ4v) is 4.57. The molecular formula is C24H40N6O5S. The fraction of sp³-hybridized carbons (Fsp3) is 0.750. The van der Waals surface area contributed by atoms with Crippen LogP contribution in [0.15, 0.2) is 12.5 Å². The molecule has 0 spiro atoms. The number of hydrogen-bond acceptors (Lipinski definition) is 11. The van der Waals surface area contributed by atoms with Crippen LogP contribution in [0.3, 0.4) is 0 Å². The molecule has 0 aliphatic carbocycles. The second-order valence-corrected chi connectivity index (χ2v) is 10.7. The number of carbonyl (C=O) groups is 1. The van der Waals surface area contributed by atoms with E-state index in [0.29, 0.717) is 38.2 Å². The van der Waals surface area contributed by atoms with Gasteiger partial charge in [0, 0.05) is 50.0 Å². The number of rotatable bonds is 9. The van der Waals surface area contributed by atoms with Gasteiger partial charge in [-0.3, -0.25) is 4.79 Å². The van der Waals surface area contributed by atoms with Gasteiger partial charge in [-0.1, -0.05) is 6.92 Å². The molecule has 4 heterocycles. The van der Waals surface area contributed by atoms with E-state index >= 15 is 0 Å². The van der Waals surface area contributed by atoms with Gasteiger partial charge in [0.15, 0.2) is 0 Å². The van der Waals surface area contributed by atoms with E-state index < -0.39 is 6.10 Å². The van der Waals surface area contributed by atoms with Crippen molar-refractivity contribution in [1.29, 1.82) is 0 Å². The number of aryl methyl sites for hydroxylation is 1. The number of morpholine rings is 1. The summed E-state index contributed by atoms with van der Waals surface area (Å²) in [5, 5.41) is 13.2. The molecule has 2 N–H and O–H groups in total. The van der Waals surface area contributed by atoms with Crippen molar-refractivity contribution in [1.82, 2.24) is 23.6 Å². The molecular weight excluding hydrogens is 484 g/mol. The van der Waals surface area contributed by atoms with E-state index in [1.807, 2.05) is 24.7 Å². The maximum Gasteiger partial charge on any atom is 0.309 e. The van der Waals surface area contributed by atoms with E-state index in [-0.39, 0.29) is 24.0 Å². The molecule has 2 aromatic heterocycles. The number of anilines is 1. The highest BCUT2D eigenvalue weighted by atomic mass is 32.1. The maximum atomic E-state index is 11.4. The summed E-state index contributed by atoms with van der Waals surface area (Å²) >= 11 is 1.12. The Morgan fingerprint density at radius 2 is 2.06 bits per heavy atom. The van der Waals surface area contributed by atoms with E-state index in [0.717, 1.165) is 49.2 Å². The van der Waals surface area contributed by atoms with E-state index in [2.05, 4.69) is 44.7 Å². The number of ether oxygens (including phenoxy) is 3. The highest BCUT2D eigenvalue weighted by Crippen LogP contribution is 2.28. The number of aromatic nitrogens is 4. The van der Waals surface area contributed by atoms with Gasteiger partial charge >= 0.3 is 5.97 Å². The van der Waals surface area contributed by atoms with Gasteiger partial charge in [0.05, 0.1) is 43.8 Å². The highest BCUT2D eigenvalue weighted by Gasteiger charge is 2.35. The van der Waals surface area contributed by atoms with Gasteiger partial charge < -0.3 is 34.1 Å². The predicted molar refractivity (Wildman–Crippen MR) is 137 cm³/mol. The van der Waals surface area contributed by atoms with Crippen molar-refractivity contribution in [2.45, 2.75) is 52.2 Å². The molecule has 2 fully saturated rings. The van der Waals surface area contributed by atoms with Crippen LogP contribution in [0, 0.1) is 11.8 Å². The molecule has 2 aliphatic rings. The first kappa shape index (κ1) is 28.3. The molecule has 0 saturated carbocycles. The van der Waals surface area contributed by atoms with Crippen molar-refractivity contribution < 1.29 is 24.1 Å². The first-order valence-corrected chi connectivity index (χ1v) is 13.2. The van der Waals surface area contributed by atoms with Gasteiger partial charge in [-0.05, 0) is 33.6 Å². The average Bonchev–Trinajstić information content (AvgIpc) is 3.57. The Morgan fingerprint density at radius 1 is 1.31 bits per heavy atom. The molecule has 12 heteroatoms. The van der Waals surface area contributed by atoms with Crippen molar-refractivity contribution >= 4 is 23.5 Å². The zero-order valence-electron chi connectivity index (χ0n) is 22.0. The van der Waals surface area contributed by atoms with Gasteiger partial charge in [-0.25, -0.2) is 4.98 Å². The number of β-amino-alcohol motifs (C(OH)–C–C–N with tert-alkyl or cyclic N) is 1. The number of aliphatic hydroxyl groups excluding tert-OH is 1. The topological polar surface area (TPSA) is 124 Å². The lowest BCUT2D eigenvalue weighted by atomic mass is 9.89. The monoisotopic (exact) mass is 524 g/mol. The molecule has 0 radical (unpaired) electrons. The number of esters is 1. The minimum atomic E-state index is -0.580. The fourth-order valence-electron chi connectivity index (χ4n) is 4.05. The van der Waals surface area contributed by atoms with E-state index in [1.54, 1.807) is 6.33 Å². The second-order valence-electron chi connectivity index (χ2n) is 10.2. The molecule has 36 heavy (non-hydrogen) atoms. The minimum absolute atomic E-state index is 0.0257. The summed E-state index contributed by atoms with van der Waals surface area (Å²) in [4.78, 5) is 17.6. The lowest BCUT2D eigenvalue weighted by molar-refractivity contribution is -0.141. The largest absolute Gasteiger partial charge is 0.472 e. The molecule has 2 aromatic rings. The number of hydrogen-bond donors (Lipinski definition) is 2. The number of nitrogens with zero attached hydrogens (tertiary/aromatic N) is 5. The summed E-state index contributed by atoms with van der Waals surface area (Å²) < 4.78 is 26.5. The molecule has 0 unspecified atom stereocenters. The van der Waals surface area contributed by atoms with Crippen LogP contribution in [0.2, 0.25) is 0 Å². The summed E-state index contributed by atoms with van der Waals surface area (Å²) in [6.07, 6.45) is 4.80. The van der Waals surface area contributed by atoms with E-state index in [1.165, 1.54) is 0 Å². The average molecular weight is 525 g/mol. The third-order valence-electron chi connectivity index (χ3n) is 6.17. The Morgan fingerprint density at radius 3 is 2.69 bits per heavy atom. The zero-order chi connectivity index (χ0) is 26.1. The first-order chi connectivity index (χ1) is 17.2. The van der Waals surface area contributed by atoms with E-state index in [9.17, 15) is 9.90 Å². The molecule has 0 amide bonds. The number of carbonyl (C=O) groups excluding carboxylic acids is 1. The number of imidazole rings is 1. The Kier molecular flexibility index (Phi) is 10.5. The highest BCUT2D eigenvalue weighted by molar-refractivity contribution is 6.99. The predicted octanol–water partition coefficient (Wildman–Crippen LogP) is 1.66. The Hall–Kier alpha value is -2.28. The standard InChI is InChI=1S/C13H24N4O3S.C11H16N2O2/c1-13(2,3)14-8-10(18)9-20-12-11(15-21-16-12)17-4-6-19-7-5-17;1-3-10-8(6-15-11(10)14)4-9-5-12-7-13(9)2/h10,14,18H,4-9H2,1-3H3;5,7-8,10H,3-4,6H2,1-2H3/t10-;8-,10-/m00/s1. The normalized spacial score (nSPS) is 21.1. The van der Waals surface area contributed by atoms with Gasteiger partial charge in [-0.15, -0.1) is 4.37 Å². The molecule has 0 bridgehead atoms. The Bertz CT molecular complexity index is 940. The van der Waals surface area contributed by atoms with Crippen LogP contribution < -0.4 is 15.0 Å². The summed E-state index contributed by atoms with van der Waals surface area (Å²) in [5.74, 6) is 1.60. The summed E-state index contributed by atoms with van der Waals surface area (Å²) in [6, 6.07) is 0. The summed E-state index contributed by atoms with van der Waals surface area (Å²) in [5.41, 5.74) is 1.14. The third-order valence-corrected chi connectivity index (χ3v) is 6.67. The van der Waals surface area contributed by atoms with Crippen LogP contribution in [0.4, 0.5) is 5.82 Å². The number of aliphatic hydroxyl groups is 1. The Balaban J connectivity index is 0.000000212. The van der Waals surface area contributed by atoms with Crippen LogP contribution in [-0.4, -0.2) is 87.1 Å². The lowest BCUT2D eigenvalue weighted by Gasteiger charge is -2.27. The van der Waals surface area contributed by atoms with Gasteiger partial charge in [0.1, 0.15) is 12.7 Å². The molecule has 202 valence electrons. The number of cyclic esters (lactones) is 1. The minimum Gasteiger partial charge on any atom is -0.472 e. The summed E-state index contributed by atoms with van der Waals surface area (Å²) in [6.45, 7) is 12.4. The molecule has 4 rings (SSSR count). The second kappa shape index (κ2) is 13.3. The van der Waals surface area contributed by atoms with Crippen molar-refractivity contribution in [3.8, 4) is 5.88 Å². The van der Waals surface area contributed by atoms with Gasteiger partial charge in [-0.2, -0.15) is 4.37 Å². The summed E-state index contributed by atoms with van der Waals surface area (Å²) in [7, 11) is 1.97. The van der Waals surface area contributed by atoms with Crippen molar-refractivity contribution in [3.05, 3.63) is 18.2 Å². The van der Waals surface area contributed by atoms with Crippen LogP contribution in [0.1, 0.15) is 39.8 Å². The lowest BCUT2D eigenvalue weighted by Crippen LogP contribution is -2.42. The SMILES string of the molecule is CC(C)(C)NC[C@H](O)COc1nsnc1N1CCOCC1.CC[C@@H]1C(=O)OC[C@@H]1Cc1cncn1C. The van der Waals surface area contributed by atoms with Crippen LogP contribution >= 0.6 is 11.7 Å². The van der Waals surface area contributed by atoms with E-state index in [4.69, 9.17) is 14.2 Å². The molecule has 0 aromatic carbocycles. The van der Waals surface area contributed by atoms with Crippen molar-refractivity contribution in [2.24, 2.45) is 18.9 Å². The van der Waals surface area contributed by atoms with Crippen molar-refractivity contribution in [2.75, 3.05) is 51.0 Å². The zero-order valence-corrected chi connectivity index (χ0v) is 22.8. The Labute approximate surface area is 217 Å². The maximum absolute atomic E-state index is 11.4. The number of nitrogens with one attached hydrogen (secondary N) is 1. The molecule has 2 aliphatic heterocycles. The smallest absolute Gasteiger partial charge is 0.309 e. The van der Waals surface area contributed by atoms with Crippen molar-refractivity contribution in [3.63, 3.8) is 0 Å².